The number of nitrogens with one attached hydrogen (secondary N) is 2. The molecular weight excluding hydrogens is 382 g/mol. The highest BCUT2D eigenvalue weighted by atomic mass is 16.5. The molecule has 0 saturated carbocycles. The topological polar surface area (TPSA) is 84.6 Å². The molecule has 2 aromatic carbocycles. The molecule has 2 N–H and O–H groups in total. The van der Waals surface area contributed by atoms with Gasteiger partial charge in [-0.05, 0) is 18.2 Å². The Hall–Kier alpha value is -3.36. The molecule has 3 heterocycles. The average Bonchev–Trinajstić information content (AvgIpc) is 3.36. The Morgan fingerprint density at radius 2 is 1.77 bits per heavy atom. The second-order valence-corrected chi connectivity index (χ2v) is 7.33. The first kappa shape index (κ1) is 18.7. The maximum Gasteiger partial charge on any atom is 0.323 e. The number of anilines is 2. The number of ether oxygens (including phenoxy) is 1. The molecule has 5 rings (SSSR count). The van der Waals surface area contributed by atoms with Gasteiger partial charge in [0.25, 0.3) is 0 Å². The van der Waals surface area contributed by atoms with Gasteiger partial charge in [0.2, 0.25) is 0 Å². The second-order valence-electron chi connectivity index (χ2n) is 7.33. The van der Waals surface area contributed by atoms with E-state index in [0.29, 0.717) is 11.4 Å². The van der Waals surface area contributed by atoms with E-state index >= 15 is 0 Å². The smallest absolute Gasteiger partial charge is 0.323 e. The number of morpholine rings is 1. The Morgan fingerprint density at radius 1 is 0.967 bits per heavy atom. The summed E-state index contributed by atoms with van der Waals surface area (Å²) in [5.41, 5.74) is 2.89. The lowest BCUT2D eigenvalue weighted by molar-refractivity contribution is 0.0360. The number of urea groups is 1. The van der Waals surface area contributed by atoms with Gasteiger partial charge >= 0.3 is 6.03 Å². The van der Waals surface area contributed by atoms with Crippen LogP contribution in [0, 0.1) is 0 Å². The van der Waals surface area contributed by atoms with Gasteiger partial charge in [-0.3, -0.25) is 9.58 Å². The molecule has 2 amide bonds. The van der Waals surface area contributed by atoms with E-state index in [0.717, 1.165) is 61.3 Å². The number of fused-ring (bicyclic) bond motifs is 3. The van der Waals surface area contributed by atoms with Crippen LogP contribution in [0.3, 0.4) is 0 Å². The number of amides is 2. The quantitative estimate of drug-likeness (QED) is 0.528. The number of hydrogen-bond donors (Lipinski definition) is 2. The Bertz CT molecular complexity index is 1180. The summed E-state index contributed by atoms with van der Waals surface area (Å²) < 4.78 is 13.1. The molecule has 8 heteroatoms. The van der Waals surface area contributed by atoms with E-state index in [4.69, 9.17) is 9.15 Å². The van der Waals surface area contributed by atoms with Gasteiger partial charge in [0.1, 0.15) is 11.2 Å². The lowest BCUT2D eigenvalue weighted by Crippen LogP contribution is -2.38. The van der Waals surface area contributed by atoms with Crippen LogP contribution < -0.4 is 10.6 Å². The Kier molecular flexibility index (Phi) is 5.08. The van der Waals surface area contributed by atoms with Crippen LogP contribution in [-0.4, -0.2) is 53.6 Å². The number of furan rings is 1. The summed E-state index contributed by atoms with van der Waals surface area (Å²) in [7, 11) is 0. The molecule has 8 nitrogen and oxygen atoms in total. The standard InChI is InChI=1S/C22H23N5O3/c28-22(25-17-14-23-27(15-17)8-7-26-9-11-29-12-10-26)24-16-5-6-19-18-3-1-2-4-20(18)30-21(19)13-16/h1-6,13-15H,7-12H2,(H2,24,25,28). The van der Waals surface area contributed by atoms with Gasteiger partial charge in [-0.15, -0.1) is 0 Å². The van der Waals surface area contributed by atoms with Crippen molar-refractivity contribution in [2.45, 2.75) is 6.54 Å². The molecule has 0 unspecified atom stereocenters. The minimum atomic E-state index is -0.321. The number of nitrogens with zero attached hydrogens (tertiary/aromatic N) is 3. The van der Waals surface area contributed by atoms with Crippen LogP contribution >= 0.6 is 0 Å². The van der Waals surface area contributed by atoms with Gasteiger partial charge in [-0.25, -0.2) is 4.79 Å². The van der Waals surface area contributed by atoms with Crippen LogP contribution in [0.5, 0.6) is 0 Å². The minimum absolute atomic E-state index is 0.321. The highest BCUT2D eigenvalue weighted by molar-refractivity contribution is 6.07. The van der Waals surface area contributed by atoms with Crippen LogP contribution in [0.15, 0.2) is 59.3 Å². The first-order chi connectivity index (χ1) is 14.7. The van der Waals surface area contributed by atoms with E-state index in [1.165, 1.54) is 0 Å². The molecule has 0 bridgehead atoms. The second kappa shape index (κ2) is 8.17. The number of rotatable bonds is 5. The van der Waals surface area contributed by atoms with Crippen LogP contribution in [0.1, 0.15) is 0 Å². The van der Waals surface area contributed by atoms with Crippen molar-refractivity contribution in [3.8, 4) is 0 Å². The lowest BCUT2D eigenvalue weighted by atomic mass is 10.1. The van der Waals surface area contributed by atoms with Gasteiger partial charge in [0.05, 0.1) is 31.6 Å². The largest absolute Gasteiger partial charge is 0.456 e. The van der Waals surface area contributed by atoms with E-state index < -0.39 is 0 Å². The third-order valence-electron chi connectivity index (χ3n) is 5.28. The van der Waals surface area contributed by atoms with Gasteiger partial charge in [-0.2, -0.15) is 5.10 Å². The van der Waals surface area contributed by atoms with Crippen molar-refractivity contribution in [2.24, 2.45) is 0 Å². The fourth-order valence-electron chi connectivity index (χ4n) is 3.72. The highest BCUT2D eigenvalue weighted by Crippen LogP contribution is 2.30. The number of benzene rings is 2. The molecule has 0 aliphatic carbocycles. The van der Waals surface area contributed by atoms with E-state index in [9.17, 15) is 4.79 Å². The van der Waals surface area contributed by atoms with Crippen molar-refractivity contribution in [1.82, 2.24) is 14.7 Å². The first-order valence-corrected chi connectivity index (χ1v) is 10.1. The zero-order valence-electron chi connectivity index (χ0n) is 16.5. The molecule has 2 aromatic heterocycles. The van der Waals surface area contributed by atoms with Crippen molar-refractivity contribution in [3.63, 3.8) is 0 Å². The minimum Gasteiger partial charge on any atom is -0.456 e. The fourth-order valence-corrected chi connectivity index (χ4v) is 3.72. The van der Waals surface area contributed by atoms with Crippen molar-refractivity contribution in [3.05, 3.63) is 54.9 Å². The van der Waals surface area contributed by atoms with E-state index in [2.05, 4.69) is 20.6 Å². The van der Waals surface area contributed by atoms with Gasteiger partial charge in [-0.1, -0.05) is 18.2 Å². The third-order valence-corrected chi connectivity index (χ3v) is 5.28. The lowest BCUT2D eigenvalue weighted by Gasteiger charge is -2.26. The average molecular weight is 405 g/mol. The predicted octanol–water partition coefficient (Wildman–Crippen LogP) is 3.76. The summed E-state index contributed by atoms with van der Waals surface area (Å²) in [5, 5.41) is 12.1. The highest BCUT2D eigenvalue weighted by Gasteiger charge is 2.11. The summed E-state index contributed by atoms with van der Waals surface area (Å²) in [5.74, 6) is 0. The van der Waals surface area contributed by atoms with E-state index in [1.54, 1.807) is 6.20 Å². The maximum absolute atomic E-state index is 12.4. The fraction of sp³-hybridized carbons (Fsp3) is 0.273. The molecule has 30 heavy (non-hydrogen) atoms. The van der Waals surface area contributed by atoms with Gasteiger partial charge in [0, 0.05) is 48.4 Å². The van der Waals surface area contributed by atoms with Crippen molar-refractivity contribution in [2.75, 3.05) is 43.5 Å². The van der Waals surface area contributed by atoms with Gasteiger partial charge in [0.15, 0.2) is 0 Å². The molecule has 0 atom stereocenters. The van der Waals surface area contributed by atoms with Crippen LogP contribution in [0.4, 0.5) is 16.2 Å². The molecule has 154 valence electrons. The number of aromatic nitrogens is 2. The molecule has 1 saturated heterocycles. The first-order valence-electron chi connectivity index (χ1n) is 10.1. The van der Waals surface area contributed by atoms with Crippen LogP contribution in [-0.2, 0) is 11.3 Å². The van der Waals surface area contributed by atoms with E-state index in [1.807, 2.05) is 53.3 Å². The molecule has 0 radical (unpaired) electrons. The molecule has 1 aliphatic heterocycles. The molecule has 1 aliphatic rings. The summed E-state index contributed by atoms with van der Waals surface area (Å²) in [6, 6.07) is 13.2. The SMILES string of the molecule is O=C(Nc1ccc2c(c1)oc1ccccc12)Nc1cnn(CCN2CCOCC2)c1. The maximum atomic E-state index is 12.4. The Morgan fingerprint density at radius 3 is 2.67 bits per heavy atom. The molecular formula is C22H23N5O3. The number of hydrogen-bond acceptors (Lipinski definition) is 5. The summed E-state index contributed by atoms with van der Waals surface area (Å²) in [6.07, 6.45) is 3.49. The van der Waals surface area contributed by atoms with Crippen molar-refractivity contribution < 1.29 is 13.9 Å². The Balaban J connectivity index is 1.19. The monoisotopic (exact) mass is 405 g/mol. The zero-order chi connectivity index (χ0) is 20.3. The van der Waals surface area contributed by atoms with Crippen LogP contribution in [0.2, 0.25) is 0 Å². The van der Waals surface area contributed by atoms with Gasteiger partial charge < -0.3 is 19.8 Å². The normalized spacial score (nSPS) is 14.9. The number of para-hydroxylation sites is 1. The van der Waals surface area contributed by atoms with Crippen molar-refractivity contribution >= 4 is 39.3 Å². The Labute approximate surface area is 173 Å². The van der Waals surface area contributed by atoms with E-state index in [-0.39, 0.29) is 6.03 Å². The molecule has 4 aromatic rings. The number of carbonyl (C=O) groups excluding carboxylic acids is 1. The predicted molar refractivity (Wildman–Crippen MR) is 116 cm³/mol. The molecule has 0 spiro atoms. The van der Waals surface area contributed by atoms with Crippen molar-refractivity contribution in [1.29, 1.82) is 0 Å². The summed E-state index contributed by atoms with van der Waals surface area (Å²) in [4.78, 5) is 14.7. The zero-order valence-corrected chi connectivity index (χ0v) is 16.5. The molecule has 1 fully saturated rings. The third kappa shape index (κ3) is 4.00. The van der Waals surface area contributed by atoms with Crippen LogP contribution in [0.25, 0.3) is 21.9 Å². The summed E-state index contributed by atoms with van der Waals surface area (Å²) >= 11 is 0. The number of carbonyl (C=O) groups is 1. The summed E-state index contributed by atoms with van der Waals surface area (Å²) in [6.45, 7) is 5.15.